The minimum atomic E-state index is -0.173. The van der Waals surface area contributed by atoms with Gasteiger partial charge in [0.15, 0.2) is 5.65 Å². The number of nitrogens with zero attached hydrogens (tertiary/aromatic N) is 3. The smallest absolute Gasteiger partial charge is 0.253 e. The fourth-order valence-electron chi connectivity index (χ4n) is 2.56. The molecule has 0 aliphatic carbocycles. The first kappa shape index (κ1) is 15.0. The number of amides is 1. The lowest BCUT2D eigenvalue weighted by molar-refractivity contribution is 0.0950. The number of hydrogen-bond donors (Lipinski definition) is 1. The molecule has 0 radical (unpaired) electrons. The van der Waals surface area contributed by atoms with Crippen LogP contribution >= 0.6 is 0 Å². The summed E-state index contributed by atoms with van der Waals surface area (Å²) in [7, 11) is 3.45. The molecule has 0 aliphatic rings. The normalized spacial score (nSPS) is 10.7. The molecule has 1 N–H and O–H groups in total. The number of hydrogen-bond acceptors (Lipinski definition) is 4. The Morgan fingerprint density at radius 3 is 2.91 bits per heavy atom. The number of methoxy groups -OCH3 is 1. The van der Waals surface area contributed by atoms with Crippen molar-refractivity contribution in [3.05, 3.63) is 53.3 Å². The lowest BCUT2D eigenvalue weighted by Gasteiger charge is -2.09. The zero-order valence-corrected chi connectivity index (χ0v) is 13.3. The van der Waals surface area contributed by atoms with Gasteiger partial charge >= 0.3 is 0 Å². The molecular formula is C17H18N4O2. The first-order valence-corrected chi connectivity index (χ1v) is 7.29. The topological polar surface area (TPSA) is 69.0 Å². The SMILES string of the molecule is COc1ccccc1CNC(=O)c1cnc2c(c1)c(C)nn2C. The van der Waals surface area contributed by atoms with Gasteiger partial charge in [-0.2, -0.15) is 5.10 Å². The third-order valence-corrected chi connectivity index (χ3v) is 3.76. The molecule has 2 heterocycles. The molecule has 1 aromatic carbocycles. The summed E-state index contributed by atoms with van der Waals surface area (Å²) in [5.41, 5.74) is 3.07. The highest BCUT2D eigenvalue weighted by molar-refractivity contribution is 5.97. The number of fused-ring (bicyclic) bond motifs is 1. The van der Waals surface area contributed by atoms with Crippen LogP contribution in [0.2, 0.25) is 0 Å². The van der Waals surface area contributed by atoms with Crippen molar-refractivity contribution in [1.29, 1.82) is 0 Å². The number of benzene rings is 1. The van der Waals surface area contributed by atoms with E-state index in [2.05, 4.69) is 15.4 Å². The van der Waals surface area contributed by atoms with Crippen molar-refractivity contribution in [2.24, 2.45) is 7.05 Å². The van der Waals surface area contributed by atoms with Crippen LogP contribution in [0.5, 0.6) is 5.75 Å². The van der Waals surface area contributed by atoms with E-state index in [1.807, 2.05) is 44.3 Å². The number of para-hydroxylation sites is 1. The van der Waals surface area contributed by atoms with Crippen molar-refractivity contribution in [3.8, 4) is 5.75 Å². The highest BCUT2D eigenvalue weighted by Crippen LogP contribution is 2.18. The lowest BCUT2D eigenvalue weighted by Crippen LogP contribution is -2.23. The summed E-state index contributed by atoms with van der Waals surface area (Å²) in [6.45, 7) is 2.30. The van der Waals surface area contributed by atoms with Gasteiger partial charge in [0.05, 0.1) is 18.4 Å². The van der Waals surface area contributed by atoms with Gasteiger partial charge in [-0.3, -0.25) is 9.48 Å². The molecule has 1 amide bonds. The average molecular weight is 310 g/mol. The standard InChI is InChI=1S/C17H18N4O2/c1-11-14-8-13(10-18-16(14)21(2)20-11)17(22)19-9-12-6-4-5-7-15(12)23-3/h4-8,10H,9H2,1-3H3,(H,19,22). The van der Waals surface area contributed by atoms with E-state index >= 15 is 0 Å². The minimum absolute atomic E-state index is 0.173. The molecule has 0 spiro atoms. The Morgan fingerprint density at radius 2 is 2.13 bits per heavy atom. The number of aryl methyl sites for hydroxylation is 2. The monoisotopic (exact) mass is 310 g/mol. The number of nitrogens with one attached hydrogen (secondary N) is 1. The van der Waals surface area contributed by atoms with E-state index in [0.29, 0.717) is 12.1 Å². The Hall–Kier alpha value is -2.89. The molecule has 0 fully saturated rings. The van der Waals surface area contributed by atoms with Crippen LogP contribution in [-0.2, 0) is 13.6 Å². The van der Waals surface area contributed by atoms with Crippen LogP contribution in [-0.4, -0.2) is 27.8 Å². The van der Waals surface area contributed by atoms with E-state index in [1.165, 1.54) is 0 Å². The summed E-state index contributed by atoms with van der Waals surface area (Å²) in [4.78, 5) is 16.7. The molecule has 3 aromatic rings. The number of rotatable bonds is 4. The molecule has 0 bridgehead atoms. The second-order valence-corrected chi connectivity index (χ2v) is 5.30. The van der Waals surface area contributed by atoms with Crippen LogP contribution in [0.15, 0.2) is 36.5 Å². The van der Waals surface area contributed by atoms with E-state index in [0.717, 1.165) is 28.0 Å². The van der Waals surface area contributed by atoms with Crippen LogP contribution < -0.4 is 10.1 Å². The molecular weight excluding hydrogens is 292 g/mol. The summed E-state index contributed by atoms with van der Waals surface area (Å²) in [6.07, 6.45) is 1.57. The van der Waals surface area contributed by atoms with Gasteiger partial charge in [0.2, 0.25) is 0 Å². The van der Waals surface area contributed by atoms with Gasteiger partial charge in [0.1, 0.15) is 5.75 Å². The number of pyridine rings is 1. The molecule has 3 rings (SSSR count). The van der Waals surface area contributed by atoms with E-state index in [9.17, 15) is 4.79 Å². The second kappa shape index (κ2) is 6.08. The van der Waals surface area contributed by atoms with Crippen LogP contribution in [0.25, 0.3) is 11.0 Å². The van der Waals surface area contributed by atoms with Gasteiger partial charge in [-0.15, -0.1) is 0 Å². The predicted octanol–water partition coefficient (Wildman–Crippen LogP) is 2.22. The Morgan fingerprint density at radius 1 is 1.35 bits per heavy atom. The Bertz CT molecular complexity index is 870. The Kier molecular flexibility index (Phi) is 3.97. The molecule has 6 nitrogen and oxygen atoms in total. The summed E-state index contributed by atoms with van der Waals surface area (Å²) in [6, 6.07) is 9.42. The maximum atomic E-state index is 12.4. The summed E-state index contributed by atoms with van der Waals surface area (Å²) < 4.78 is 6.99. The van der Waals surface area contributed by atoms with Crippen LogP contribution in [0.4, 0.5) is 0 Å². The third-order valence-electron chi connectivity index (χ3n) is 3.76. The number of carbonyl (C=O) groups excluding carboxylic acids is 1. The van der Waals surface area contributed by atoms with Crippen molar-refractivity contribution in [2.45, 2.75) is 13.5 Å². The zero-order chi connectivity index (χ0) is 16.4. The first-order valence-electron chi connectivity index (χ1n) is 7.29. The van der Waals surface area contributed by atoms with Crippen LogP contribution in [0, 0.1) is 6.92 Å². The molecule has 0 unspecified atom stereocenters. The van der Waals surface area contributed by atoms with Crippen LogP contribution in [0.3, 0.4) is 0 Å². The first-order chi connectivity index (χ1) is 11.1. The van der Waals surface area contributed by atoms with E-state index < -0.39 is 0 Å². The quantitative estimate of drug-likeness (QED) is 0.802. The lowest BCUT2D eigenvalue weighted by atomic mass is 10.1. The van der Waals surface area contributed by atoms with E-state index in [4.69, 9.17) is 4.74 Å². The van der Waals surface area contributed by atoms with Gasteiger partial charge in [-0.1, -0.05) is 18.2 Å². The maximum Gasteiger partial charge on any atom is 0.253 e. The molecule has 2 aromatic heterocycles. The van der Waals surface area contributed by atoms with E-state index in [-0.39, 0.29) is 5.91 Å². The summed E-state index contributed by atoms with van der Waals surface area (Å²) in [5.74, 6) is 0.582. The third kappa shape index (κ3) is 2.88. The van der Waals surface area contributed by atoms with Crippen molar-refractivity contribution in [3.63, 3.8) is 0 Å². The highest BCUT2D eigenvalue weighted by Gasteiger charge is 2.12. The van der Waals surface area contributed by atoms with Gasteiger partial charge in [-0.05, 0) is 19.1 Å². The van der Waals surface area contributed by atoms with Gasteiger partial charge < -0.3 is 10.1 Å². The molecule has 0 aliphatic heterocycles. The molecule has 23 heavy (non-hydrogen) atoms. The molecule has 0 atom stereocenters. The van der Waals surface area contributed by atoms with Crippen LogP contribution in [0.1, 0.15) is 21.6 Å². The maximum absolute atomic E-state index is 12.4. The van der Waals surface area contributed by atoms with Gasteiger partial charge in [0.25, 0.3) is 5.91 Å². The van der Waals surface area contributed by atoms with Gasteiger partial charge in [-0.25, -0.2) is 4.98 Å². The number of ether oxygens (including phenoxy) is 1. The fraction of sp³-hybridized carbons (Fsp3) is 0.235. The molecule has 6 heteroatoms. The molecule has 118 valence electrons. The van der Waals surface area contributed by atoms with Crippen molar-refractivity contribution in [2.75, 3.05) is 7.11 Å². The number of carbonyl (C=O) groups is 1. The molecule has 0 saturated heterocycles. The molecule has 0 saturated carbocycles. The van der Waals surface area contributed by atoms with Crippen molar-refractivity contribution >= 4 is 16.9 Å². The predicted molar refractivity (Wildman–Crippen MR) is 87.4 cm³/mol. The Balaban J connectivity index is 1.79. The average Bonchev–Trinajstić information content (AvgIpc) is 2.86. The zero-order valence-electron chi connectivity index (χ0n) is 13.3. The largest absolute Gasteiger partial charge is 0.496 e. The van der Waals surface area contributed by atoms with Gasteiger partial charge in [0, 0.05) is 30.7 Å². The highest BCUT2D eigenvalue weighted by atomic mass is 16.5. The fourth-order valence-corrected chi connectivity index (χ4v) is 2.56. The van der Waals surface area contributed by atoms with Crippen molar-refractivity contribution < 1.29 is 9.53 Å². The van der Waals surface area contributed by atoms with E-state index in [1.54, 1.807) is 18.0 Å². The summed E-state index contributed by atoms with van der Waals surface area (Å²) in [5, 5.41) is 8.09. The summed E-state index contributed by atoms with van der Waals surface area (Å²) >= 11 is 0. The van der Waals surface area contributed by atoms with Crippen molar-refractivity contribution in [1.82, 2.24) is 20.1 Å². The number of aromatic nitrogens is 3. The second-order valence-electron chi connectivity index (χ2n) is 5.30. The Labute approximate surface area is 134 Å². The minimum Gasteiger partial charge on any atom is -0.496 e.